The van der Waals surface area contributed by atoms with Gasteiger partial charge in [0.15, 0.2) is 20.3 Å². The van der Waals surface area contributed by atoms with Crippen molar-refractivity contribution in [2.75, 3.05) is 25.9 Å². The first-order chi connectivity index (χ1) is 16.0. The van der Waals surface area contributed by atoms with Crippen LogP contribution in [0.1, 0.15) is 43.9 Å². The number of nitrogens with one attached hydrogen (secondary N) is 1. The topological polar surface area (TPSA) is 112 Å². The van der Waals surface area contributed by atoms with Crippen LogP contribution in [-0.4, -0.2) is 82.3 Å². The Labute approximate surface area is 198 Å². The summed E-state index contributed by atoms with van der Waals surface area (Å²) in [6.07, 6.45) is 4.94. The molecule has 1 unspecified atom stereocenters. The van der Waals surface area contributed by atoms with Gasteiger partial charge < -0.3 is 4.90 Å². The quantitative estimate of drug-likeness (QED) is 0.348. The Hall–Kier alpha value is -2.86. The van der Waals surface area contributed by atoms with E-state index in [1.165, 1.54) is 21.9 Å². The van der Waals surface area contributed by atoms with Crippen LogP contribution in [0.5, 0.6) is 0 Å². The van der Waals surface area contributed by atoms with Crippen LogP contribution in [0.4, 0.5) is 9.18 Å². The maximum atomic E-state index is 14.8. The molecule has 182 valence electrons. The minimum Gasteiger partial charge on any atom is -0.318 e. The summed E-state index contributed by atoms with van der Waals surface area (Å²) in [5.74, 6) is 9.72. The standard InChI is InChI=1S/C23H27FN4O5S/c1-22(20(29)25-31,34(2,32)33)9-11-26-15-19-13-17(14-28(19)21(26)30)5-3-4-8-23(24)10-12-27(16-23)18-6-7-18/h13-14,18,31H,6-7,9-12,15-16H2,1-2H3,(H,25,29)/t22-,23?/m1/s1. The van der Waals surface area contributed by atoms with E-state index in [0.717, 1.165) is 25.6 Å². The highest BCUT2D eigenvalue weighted by Crippen LogP contribution is 2.34. The molecule has 1 saturated heterocycles. The molecule has 1 aliphatic carbocycles. The van der Waals surface area contributed by atoms with Gasteiger partial charge in [-0.25, -0.2) is 23.1 Å². The van der Waals surface area contributed by atoms with Gasteiger partial charge in [-0.15, -0.1) is 0 Å². The van der Waals surface area contributed by atoms with Gasteiger partial charge in [-0.2, -0.15) is 0 Å². The summed E-state index contributed by atoms with van der Waals surface area (Å²) < 4.78 is 38.5. The highest BCUT2D eigenvalue weighted by atomic mass is 32.2. The van der Waals surface area contributed by atoms with Gasteiger partial charge in [-0.05, 0) is 50.0 Å². The Morgan fingerprint density at radius 1 is 1.38 bits per heavy atom. The van der Waals surface area contributed by atoms with E-state index in [1.807, 2.05) is 0 Å². The lowest BCUT2D eigenvalue weighted by atomic mass is 10.1. The molecule has 0 radical (unpaired) electrons. The third-order valence-corrected chi connectivity index (χ3v) is 8.88. The number of hydrogen-bond donors (Lipinski definition) is 2. The number of fused-ring (bicyclic) bond motifs is 1. The zero-order valence-corrected chi connectivity index (χ0v) is 19.9. The van der Waals surface area contributed by atoms with Crippen LogP contribution >= 0.6 is 0 Å². The van der Waals surface area contributed by atoms with Crippen molar-refractivity contribution in [2.45, 2.75) is 55.6 Å². The molecule has 2 aliphatic heterocycles. The monoisotopic (exact) mass is 490 g/mol. The van der Waals surface area contributed by atoms with Crippen LogP contribution < -0.4 is 5.48 Å². The number of halogens is 1. The number of hydroxylamine groups is 1. The average Bonchev–Trinajstić information content (AvgIpc) is 3.35. The van der Waals surface area contributed by atoms with Gasteiger partial charge in [0.05, 0.1) is 6.54 Å². The molecule has 0 spiro atoms. The molecule has 9 nitrogen and oxygen atoms in total. The van der Waals surface area contributed by atoms with Crippen molar-refractivity contribution in [2.24, 2.45) is 0 Å². The minimum absolute atomic E-state index is 0.000445. The van der Waals surface area contributed by atoms with Gasteiger partial charge in [0, 0.05) is 55.8 Å². The lowest BCUT2D eigenvalue weighted by Gasteiger charge is -2.27. The van der Waals surface area contributed by atoms with Gasteiger partial charge in [0.25, 0.3) is 5.91 Å². The van der Waals surface area contributed by atoms with Gasteiger partial charge in [0.1, 0.15) is 0 Å². The first-order valence-corrected chi connectivity index (χ1v) is 13.0. The number of alkyl halides is 1. The van der Waals surface area contributed by atoms with Gasteiger partial charge in [0.2, 0.25) is 0 Å². The molecular weight excluding hydrogens is 463 g/mol. The number of carbonyl (C=O) groups is 2. The molecule has 34 heavy (non-hydrogen) atoms. The maximum absolute atomic E-state index is 14.8. The number of amides is 2. The van der Waals surface area contributed by atoms with Crippen LogP contribution in [0.2, 0.25) is 0 Å². The van der Waals surface area contributed by atoms with E-state index in [1.54, 1.807) is 12.3 Å². The third kappa shape index (κ3) is 4.69. The smallest absolute Gasteiger partial charge is 0.318 e. The highest BCUT2D eigenvalue weighted by molar-refractivity contribution is 7.92. The third-order valence-electron chi connectivity index (χ3n) is 6.86. The van der Waals surface area contributed by atoms with Crippen molar-refractivity contribution in [3.8, 4) is 23.7 Å². The molecule has 1 aromatic heterocycles. The van der Waals surface area contributed by atoms with Gasteiger partial charge >= 0.3 is 6.03 Å². The van der Waals surface area contributed by atoms with Crippen LogP contribution in [0.25, 0.3) is 0 Å². The fraction of sp³-hybridized carbons (Fsp3) is 0.565. The molecule has 2 fully saturated rings. The van der Waals surface area contributed by atoms with Crippen molar-refractivity contribution < 1.29 is 27.6 Å². The molecule has 0 bridgehead atoms. The summed E-state index contributed by atoms with van der Waals surface area (Å²) in [5.41, 5.74) is 1.10. The van der Waals surface area contributed by atoms with Crippen molar-refractivity contribution in [3.05, 3.63) is 23.5 Å². The van der Waals surface area contributed by atoms with E-state index in [9.17, 15) is 22.4 Å². The maximum Gasteiger partial charge on any atom is 0.328 e. The molecule has 11 heteroatoms. The molecule has 3 aliphatic rings. The summed E-state index contributed by atoms with van der Waals surface area (Å²) in [5, 5.41) is 8.92. The van der Waals surface area contributed by atoms with E-state index in [0.29, 0.717) is 30.3 Å². The van der Waals surface area contributed by atoms with Crippen LogP contribution in [0.3, 0.4) is 0 Å². The van der Waals surface area contributed by atoms with Gasteiger partial charge in [-0.1, -0.05) is 5.92 Å². The SMILES string of the molecule is C[C@@](CCN1Cc2cc(C#CC#CC3(F)CCN(C4CC4)C3)cn2C1=O)(C(=O)NO)S(C)(=O)=O. The van der Waals surface area contributed by atoms with Gasteiger partial charge in [-0.3, -0.25) is 19.5 Å². The minimum atomic E-state index is -3.85. The van der Waals surface area contributed by atoms with E-state index < -0.39 is 26.2 Å². The van der Waals surface area contributed by atoms with Crippen LogP contribution in [-0.2, 0) is 21.2 Å². The van der Waals surface area contributed by atoms with E-state index in [2.05, 4.69) is 28.6 Å². The number of aromatic nitrogens is 1. The second kappa shape index (κ2) is 8.73. The lowest BCUT2D eigenvalue weighted by Crippen LogP contribution is -2.50. The number of carbonyl (C=O) groups excluding carboxylic acids is 2. The summed E-state index contributed by atoms with van der Waals surface area (Å²) in [6, 6.07) is 1.86. The summed E-state index contributed by atoms with van der Waals surface area (Å²) in [7, 11) is -3.85. The van der Waals surface area contributed by atoms with E-state index in [4.69, 9.17) is 5.21 Å². The highest BCUT2D eigenvalue weighted by Gasteiger charge is 2.44. The molecule has 3 heterocycles. The average molecular weight is 491 g/mol. The Kier molecular flexibility index (Phi) is 6.23. The second-order valence-electron chi connectivity index (χ2n) is 9.41. The number of likely N-dealkylation sites (tertiary alicyclic amines) is 1. The lowest BCUT2D eigenvalue weighted by molar-refractivity contribution is -0.131. The zero-order valence-electron chi connectivity index (χ0n) is 19.1. The predicted octanol–water partition coefficient (Wildman–Crippen LogP) is 0.902. The number of nitrogens with zero attached hydrogens (tertiary/aromatic N) is 3. The largest absolute Gasteiger partial charge is 0.328 e. The number of sulfone groups is 1. The van der Waals surface area contributed by atoms with E-state index in [-0.39, 0.29) is 25.5 Å². The first-order valence-electron chi connectivity index (χ1n) is 11.1. The molecule has 1 saturated carbocycles. The molecule has 2 amide bonds. The molecule has 4 rings (SSSR count). The summed E-state index contributed by atoms with van der Waals surface area (Å²) in [4.78, 5) is 28.2. The molecule has 2 N–H and O–H groups in total. The Morgan fingerprint density at radius 3 is 2.74 bits per heavy atom. The molecule has 1 aromatic rings. The van der Waals surface area contributed by atoms with E-state index >= 15 is 0 Å². The van der Waals surface area contributed by atoms with Crippen molar-refractivity contribution in [3.63, 3.8) is 0 Å². The second-order valence-corrected chi connectivity index (χ2v) is 11.9. The fourth-order valence-corrected chi connectivity index (χ4v) is 5.15. The fourth-order valence-electron chi connectivity index (χ4n) is 4.30. The van der Waals surface area contributed by atoms with Crippen molar-refractivity contribution in [1.82, 2.24) is 19.8 Å². The predicted molar refractivity (Wildman–Crippen MR) is 121 cm³/mol. The molecular formula is C23H27FN4O5S. The van der Waals surface area contributed by atoms with Crippen LogP contribution in [0.15, 0.2) is 12.3 Å². The zero-order chi connectivity index (χ0) is 24.7. The first kappa shape index (κ1) is 24.3. The van der Waals surface area contributed by atoms with Crippen molar-refractivity contribution >= 4 is 21.8 Å². The Bertz CT molecular complexity index is 1250. The summed E-state index contributed by atoms with van der Waals surface area (Å²) in [6.45, 7) is 2.48. The molecule has 2 atom stereocenters. The Balaban J connectivity index is 1.37. The summed E-state index contributed by atoms with van der Waals surface area (Å²) >= 11 is 0. The van der Waals surface area contributed by atoms with Crippen LogP contribution in [0, 0.1) is 23.7 Å². The van der Waals surface area contributed by atoms with Crippen molar-refractivity contribution in [1.29, 1.82) is 0 Å². The number of hydrogen-bond acceptors (Lipinski definition) is 6. The Morgan fingerprint density at radius 2 is 2.12 bits per heavy atom. The normalized spacial score (nSPS) is 24.0. The molecule has 0 aromatic carbocycles. The number of rotatable bonds is 6.